The number of hydrogen-bond donors (Lipinski definition) is 2. The number of halogens is 1. The number of hydrogen-bond acceptors (Lipinski definition) is 2. The van der Waals surface area contributed by atoms with Crippen LogP contribution in [0.15, 0.2) is 42.5 Å². The van der Waals surface area contributed by atoms with Gasteiger partial charge in [0.1, 0.15) is 5.54 Å². The van der Waals surface area contributed by atoms with Crippen molar-refractivity contribution in [1.29, 1.82) is 0 Å². The van der Waals surface area contributed by atoms with Crippen LogP contribution < -0.4 is 11.1 Å². The van der Waals surface area contributed by atoms with Crippen LogP contribution in [-0.4, -0.2) is 5.91 Å². The number of rotatable bonds is 3. The van der Waals surface area contributed by atoms with E-state index < -0.39 is 5.54 Å². The Morgan fingerprint density at radius 3 is 2.62 bits per heavy atom. The Morgan fingerprint density at radius 2 is 1.95 bits per heavy atom. The molecule has 3 rings (SSSR count). The third-order valence-electron chi connectivity index (χ3n) is 4.13. The van der Waals surface area contributed by atoms with Crippen molar-refractivity contribution in [3.05, 3.63) is 64.2 Å². The summed E-state index contributed by atoms with van der Waals surface area (Å²) in [6.45, 7) is 2.03. The monoisotopic (exact) mass is 300 g/mol. The number of carbonyl (C=O) groups is 1. The van der Waals surface area contributed by atoms with Gasteiger partial charge < -0.3 is 11.1 Å². The van der Waals surface area contributed by atoms with Gasteiger partial charge in [0.2, 0.25) is 5.91 Å². The molecule has 0 bridgehead atoms. The number of carbonyl (C=O) groups excluding carboxylic acids is 1. The van der Waals surface area contributed by atoms with Gasteiger partial charge in [-0.2, -0.15) is 0 Å². The molecule has 1 unspecified atom stereocenters. The smallest absolute Gasteiger partial charge is 0.247 e. The van der Waals surface area contributed by atoms with Crippen molar-refractivity contribution in [1.82, 2.24) is 0 Å². The molecule has 0 saturated carbocycles. The largest absolute Gasteiger partial charge is 0.368 e. The normalized spacial score (nSPS) is 20.1. The number of fused-ring (bicyclic) bond motifs is 1. The molecule has 1 atom stereocenters. The summed E-state index contributed by atoms with van der Waals surface area (Å²) in [6, 6.07) is 13.6. The Hall–Kier alpha value is -2.00. The second-order valence-corrected chi connectivity index (χ2v) is 6.00. The van der Waals surface area contributed by atoms with Crippen LogP contribution in [-0.2, 0) is 16.8 Å². The van der Waals surface area contributed by atoms with E-state index >= 15 is 0 Å². The van der Waals surface area contributed by atoms with E-state index in [0.717, 1.165) is 23.2 Å². The predicted octanol–water partition coefficient (Wildman–Crippen LogP) is 3.39. The van der Waals surface area contributed by atoms with Gasteiger partial charge in [-0.3, -0.25) is 4.79 Å². The standard InChI is InChI=1S/C17H17ClN2O/c1-11-2-5-14(6-3-11)20-17(16(19)21)9-8-12-10-13(18)4-7-15(12)17/h2-7,10,20H,8-9H2,1H3,(H2,19,21). The molecule has 0 aromatic heterocycles. The van der Waals surface area contributed by atoms with Gasteiger partial charge in [-0.25, -0.2) is 0 Å². The number of nitrogens with one attached hydrogen (secondary N) is 1. The maximum Gasteiger partial charge on any atom is 0.247 e. The number of aryl methyl sites for hydroxylation is 2. The molecule has 0 radical (unpaired) electrons. The third kappa shape index (κ3) is 2.38. The maximum absolute atomic E-state index is 12.2. The summed E-state index contributed by atoms with van der Waals surface area (Å²) in [5, 5.41) is 4.02. The molecule has 0 fully saturated rings. The number of primary amides is 1. The average Bonchev–Trinajstić information content (AvgIpc) is 2.81. The molecule has 0 heterocycles. The average molecular weight is 301 g/mol. The van der Waals surface area contributed by atoms with E-state index in [2.05, 4.69) is 5.32 Å². The fourth-order valence-corrected chi connectivity index (χ4v) is 3.17. The van der Waals surface area contributed by atoms with Gasteiger partial charge in [0.05, 0.1) is 0 Å². The summed E-state index contributed by atoms with van der Waals surface area (Å²) >= 11 is 6.04. The van der Waals surface area contributed by atoms with E-state index in [4.69, 9.17) is 17.3 Å². The van der Waals surface area contributed by atoms with E-state index in [9.17, 15) is 4.79 Å². The molecule has 0 saturated heterocycles. The highest BCUT2D eigenvalue weighted by atomic mass is 35.5. The molecule has 0 spiro atoms. The van der Waals surface area contributed by atoms with Crippen molar-refractivity contribution >= 4 is 23.2 Å². The second kappa shape index (κ2) is 5.08. The van der Waals surface area contributed by atoms with Gasteiger partial charge in [0.25, 0.3) is 0 Å². The zero-order valence-corrected chi connectivity index (χ0v) is 12.6. The van der Waals surface area contributed by atoms with E-state index in [1.54, 1.807) is 6.07 Å². The first-order chi connectivity index (χ1) is 10.0. The zero-order chi connectivity index (χ0) is 15.0. The van der Waals surface area contributed by atoms with Crippen molar-refractivity contribution < 1.29 is 4.79 Å². The number of benzene rings is 2. The van der Waals surface area contributed by atoms with Crippen LogP contribution >= 0.6 is 11.6 Å². The number of amides is 1. The van der Waals surface area contributed by atoms with Crippen LogP contribution in [0, 0.1) is 6.92 Å². The highest BCUT2D eigenvalue weighted by molar-refractivity contribution is 6.30. The maximum atomic E-state index is 12.2. The van der Waals surface area contributed by atoms with Gasteiger partial charge in [-0.05, 0) is 55.2 Å². The summed E-state index contributed by atoms with van der Waals surface area (Å²) < 4.78 is 0. The minimum atomic E-state index is -0.852. The van der Waals surface area contributed by atoms with Gasteiger partial charge in [0.15, 0.2) is 0 Å². The Balaban J connectivity index is 2.03. The van der Waals surface area contributed by atoms with Crippen molar-refractivity contribution in [2.24, 2.45) is 5.73 Å². The van der Waals surface area contributed by atoms with Crippen molar-refractivity contribution in [3.8, 4) is 0 Å². The molecule has 21 heavy (non-hydrogen) atoms. The van der Waals surface area contributed by atoms with Crippen molar-refractivity contribution in [3.63, 3.8) is 0 Å². The van der Waals surface area contributed by atoms with E-state index in [1.165, 1.54) is 5.56 Å². The Kier molecular flexibility index (Phi) is 3.38. The number of anilines is 1. The van der Waals surface area contributed by atoms with Crippen molar-refractivity contribution in [2.45, 2.75) is 25.3 Å². The fraction of sp³-hybridized carbons (Fsp3) is 0.235. The lowest BCUT2D eigenvalue weighted by Crippen LogP contribution is -2.46. The van der Waals surface area contributed by atoms with Crippen molar-refractivity contribution in [2.75, 3.05) is 5.32 Å². The fourth-order valence-electron chi connectivity index (χ4n) is 2.97. The minimum Gasteiger partial charge on any atom is -0.368 e. The highest BCUT2D eigenvalue weighted by Gasteiger charge is 2.44. The van der Waals surface area contributed by atoms with E-state index in [0.29, 0.717) is 11.4 Å². The molecule has 2 aromatic rings. The van der Waals surface area contributed by atoms with Gasteiger partial charge in [-0.1, -0.05) is 35.4 Å². The summed E-state index contributed by atoms with van der Waals surface area (Å²) in [6.07, 6.45) is 1.43. The van der Waals surface area contributed by atoms with Crippen LogP contribution in [0.5, 0.6) is 0 Å². The van der Waals surface area contributed by atoms with Crippen LogP contribution in [0.3, 0.4) is 0 Å². The first-order valence-corrected chi connectivity index (χ1v) is 7.33. The highest BCUT2D eigenvalue weighted by Crippen LogP contribution is 2.40. The molecular formula is C17H17ClN2O. The summed E-state index contributed by atoms with van der Waals surface area (Å²) in [4.78, 5) is 12.2. The summed E-state index contributed by atoms with van der Waals surface area (Å²) in [5.74, 6) is -0.357. The van der Waals surface area contributed by atoms with Gasteiger partial charge >= 0.3 is 0 Å². The Labute approximate surface area is 129 Å². The molecule has 3 N–H and O–H groups in total. The topological polar surface area (TPSA) is 55.1 Å². The van der Waals surface area contributed by atoms with Gasteiger partial charge in [-0.15, -0.1) is 0 Å². The first kappa shape index (κ1) is 14.0. The third-order valence-corrected chi connectivity index (χ3v) is 4.36. The molecule has 0 aliphatic heterocycles. The summed E-state index contributed by atoms with van der Waals surface area (Å²) in [7, 11) is 0. The van der Waals surface area contributed by atoms with Crippen LogP contribution in [0.1, 0.15) is 23.1 Å². The van der Waals surface area contributed by atoms with Crippen LogP contribution in [0.2, 0.25) is 5.02 Å². The van der Waals surface area contributed by atoms with Crippen LogP contribution in [0.4, 0.5) is 5.69 Å². The molecule has 2 aromatic carbocycles. The molecule has 108 valence electrons. The van der Waals surface area contributed by atoms with Crippen LogP contribution in [0.25, 0.3) is 0 Å². The molecule has 1 aliphatic rings. The molecule has 4 heteroatoms. The lowest BCUT2D eigenvalue weighted by molar-refractivity contribution is -0.122. The SMILES string of the molecule is Cc1ccc(NC2(C(N)=O)CCc3cc(Cl)ccc32)cc1. The molecule has 1 amide bonds. The van der Waals surface area contributed by atoms with E-state index in [1.807, 2.05) is 43.3 Å². The van der Waals surface area contributed by atoms with Gasteiger partial charge in [0, 0.05) is 10.7 Å². The minimum absolute atomic E-state index is 0.357. The Morgan fingerprint density at radius 1 is 1.24 bits per heavy atom. The number of nitrogens with two attached hydrogens (primary N) is 1. The lowest BCUT2D eigenvalue weighted by atomic mass is 9.90. The van der Waals surface area contributed by atoms with E-state index in [-0.39, 0.29) is 5.91 Å². The zero-order valence-electron chi connectivity index (χ0n) is 11.8. The molecular weight excluding hydrogens is 284 g/mol. The lowest BCUT2D eigenvalue weighted by Gasteiger charge is -2.29. The second-order valence-electron chi connectivity index (χ2n) is 5.56. The first-order valence-electron chi connectivity index (χ1n) is 6.95. The summed E-state index contributed by atoms with van der Waals surface area (Å²) in [5.41, 5.74) is 8.96. The Bertz CT molecular complexity index is 696. The quantitative estimate of drug-likeness (QED) is 0.913. The molecule has 3 nitrogen and oxygen atoms in total. The predicted molar refractivity (Wildman–Crippen MR) is 85.4 cm³/mol. The molecule has 1 aliphatic carbocycles.